The summed E-state index contributed by atoms with van der Waals surface area (Å²) < 4.78 is 4.99. The van der Waals surface area contributed by atoms with Crippen molar-refractivity contribution in [1.82, 2.24) is 4.98 Å². The molecule has 26 heavy (non-hydrogen) atoms. The first-order valence-corrected chi connectivity index (χ1v) is 8.26. The second kappa shape index (κ2) is 7.35. The van der Waals surface area contributed by atoms with Gasteiger partial charge in [-0.15, -0.1) is 0 Å². The summed E-state index contributed by atoms with van der Waals surface area (Å²) in [6, 6.07) is 8.03. The van der Waals surface area contributed by atoms with Crippen molar-refractivity contribution in [3.63, 3.8) is 0 Å². The average molecular weight is 354 g/mol. The predicted molar refractivity (Wildman–Crippen MR) is 93.4 cm³/mol. The minimum atomic E-state index is -0.704. The molecule has 0 aliphatic carbocycles. The number of benzene rings is 1. The zero-order valence-electron chi connectivity index (χ0n) is 14.3. The van der Waals surface area contributed by atoms with E-state index in [-0.39, 0.29) is 23.2 Å². The Morgan fingerprint density at radius 2 is 1.88 bits per heavy atom. The topological polar surface area (TPSA) is 96.5 Å². The van der Waals surface area contributed by atoms with E-state index in [2.05, 4.69) is 4.98 Å². The Kier molecular flexibility index (Phi) is 4.97. The fourth-order valence-electron chi connectivity index (χ4n) is 2.76. The van der Waals surface area contributed by atoms with Crippen LogP contribution in [0.15, 0.2) is 36.5 Å². The largest absolute Gasteiger partial charge is 0.453 e. The van der Waals surface area contributed by atoms with Crippen LogP contribution >= 0.6 is 0 Å². The van der Waals surface area contributed by atoms with Crippen LogP contribution in [-0.2, 0) is 9.53 Å². The van der Waals surface area contributed by atoms with Gasteiger partial charge in [0.05, 0.1) is 0 Å². The standard InChI is InChI=1S/C19H18N2O5/c1-12(22)14-9-16(20-10-14)19(25)26-11-17(23)13-4-6-15(7-5-13)21-8-2-3-18(21)24/h4-7,9-10,20H,2-3,8,11H2,1H3. The number of rotatable bonds is 6. The number of hydrogen-bond acceptors (Lipinski definition) is 5. The molecule has 3 rings (SSSR count). The van der Waals surface area contributed by atoms with E-state index in [1.54, 1.807) is 29.2 Å². The van der Waals surface area contributed by atoms with E-state index in [9.17, 15) is 19.2 Å². The third-order valence-corrected chi connectivity index (χ3v) is 4.22. The molecule has 0 atom stereocenters. The molecule has 2 heterocycles. The molecule has 1 aliphatic heterocycles. The maximum Gasteiger partial charge on any atom is 0.355 e. The Labute approximate surface area is 149 Å². The van der Waals surface area contributed by atoms with Gasteiger partial charge in [-0.25, -0.2) is 4.79 Å². The van der Waals surface area contributed by atoms with Gasteiger partial charge >= 0.3 is 5.97 Å². The zero-order chi connectivity index (χ0) is 18.7. The lowest BCUT2D eigenvalue weighted by Crippen LogP contribution is -2.23. The zero-order valence-corrected chi connectivity index (χ0v) is 14.3. The van der Waals surface area contributed by atoms with Gasteiger partial charge in [-0.3, -0.25) is 14.4 Å². The fourth-order valence-corrected chi connectivity index (χ4v) is 2.76. The molecule has 0 radical (unpaired) electrons. The minimum absolute atomic E-state index is 0.0777. The summed E-state index contributed by atoms with van der Waals surface area (Å²) in [5, 5.41) is 0. The summed E-state index contributed by atoms with van der Waals surface area (Å²) in [7, 11) is 0. The quantitative estimate of drug-likeness (QED) is 0.635. The number of aromatic amines is 1. The molecule has 0 saturated carbocycles. The number of H-pyrrole nitrogens is 1. The third-order valence-electron chi connectivity index (χ3n) is 4.22. The number of ether oxygens (including phenoxy) is 1. The van der Waals surface area contributed by atoms with Crippen LogP contribution in [-0.4, -0.2) is 41.6 Å². The van der Waals surface area contributed by atoms with Crippen LogP contribution in [0.5, 0.6) is 0 Å². The fraction of sp³-hybridized carbons (Fsp3) is 0.263. The highest BCUT2D eigenvalue weighted by molar-refractivity contribution is 6.01. The van der Waals surface area contributed by atoms with Crippen molar-refractivity contribution < 1.29 is 23.9 Å². The van der Waals surface area contributed by atoms with Crippen LogP contribution in [0.1, 0.15) is 51.0 Å². The van der Waals surface area contributed by atoms with E-state index in [1.807, 2.05) is 0 Å². The number of ketones is 2. The van der Waals surface area contributed by atoms with Crippen molar-refractivity contribution in [1.29, 1.82) is 0 Å². The van der Waals surface area contributed by atoms with Gasteiger partial charge in [-0.05, 0) is 43.7 Å². The Morgan fingerprint density at radius 1 is 1.15 bits per heavy atom. The van der Waals surface area contributed by atoms with E-state index in [1.165, 1.54) is 19.2 Å². The average Bonchev–Trinajstić information content (AvgIpc) is 3.29. The molecule has 7 nitrogen and oxygen atoms in total. The molecule has 1 aliphatic rings. The Balaban J connectivity index is 1.58. The number of esters is 1. The van der Waals surface area contributed by atoms with Crippen LogP contribution in [0.25, 0.3) is 0 Å². The molecule has 134 valence electrons. The first kappa shape index (κ1) is 17.6. The van der Waals surface area contributed by atoms with Crippen LogP contribution in [0.2, 0.25) is 0 Å². The second-order valence-corrected chi connectivity index (χ2v) is 6.05. The summed E-state index contributed by atoms with van der Waals surface area (Å²) in [6.45, 7) is 1.67. The molecule has 7 heteroatoms. The van der Waals surface area contributed by atoms with Crippen molar-refractivity contribution in [2.75, 3.05) is 18.1 Å². The first-order chi connectivity index (χ1) is 12.5. The van der Waals surface area contributed by atoms with Crippen LogP contribution in [0, 0.1) is 0 Å². The minimum Gasteiger partial charge on any atom is -0.453 e. The molecular weight excluding hydrogens is 336 g/mol. The predicted octanol–water partition coefficient (Wildman–Crippen LogP) is 2.38. The van der Waals surface area contributed by atoms with Crippen LogP contribution < -0.4 is 4.90 Å². The van der Waals surface area contributed by atoms with Crippen molar-refractivity contribution in [3.8, 4) is 0 Å². The number of Topliss-reactive ketones (excluding diaryl/α,β-unsaturated/α-hetero) is 2. The summed E-state index contributed by atoms with van der Waals surface area (Å²) in [5.74, 6) is -1.15. The van der Waals surface area contributed by atoms with E-state index in [4.69, 9.17) is 4.74 Å². The van der Waals surface area contributed by atoms with Crippen molar-refractivity contribution in [2.45, 2.75) is 19.8 Å². The molecule has 1 aromatic carbocycles. The highest BCUT2D eigenvalue weighted by Gasteiger charge is 2.22. The molecule has 1 saturated heterocycles. The summed E-state index contributed by atoms with van der Waals surface area (Å²) in [4.78, 5) is 51.4. The maximum atomic E-state index is 12.2. The van der Waals surface area contributed by atoms with Gasteiger partial charge in [-0.2, -0.15) is 0 Å². The summed E-state index contributed by atoms with van der Waals surface area (Å²) >= 11 is 0. The van der Waals surface area contributed by atoms with Crippen LogP contribution in [0.3, 0.4) is 0 Å². The highest BCUT2D eigenvalue weighted by atomic mass is 16.5. The number of amides is 1. The monoisotopic (exact) mass is 354 g/mol. The van der Waals surface area contributed by atoms with Gasteiger partial charge < -0.3 is 14.6 Å². The lowest BCUT2D eigenvalue weighted by Gasteiger charge is -2.15. The molecule has 1 N–H and O–H groups in total. The molecule has 1 fully saturated rings. The molecule has 1 amide bonds. The molecule has 0 unspecified atom stereocenters. The summed E-state index contributed by atoms with van der Waals surface area (Å²) in [6.07, 6.45) is 2.79. The third kappa shape index (κ3) is 3.72. The summed E-state index contributed by atoms with van der Waals surface area (Å²) in [5.41, 5.74) is 1.63. The lowest BCUT2D eigenvalue weighted by molar-refractivity contribution is -0.117. The van der Waals surface area contributed by atoms with Crippen molar-refractivity contribution in [3.05, 3.63) is 53.3 Å². The molecule has 2 aromatic rings. The maximum absolute atomic E-state index is 12.2. The van der Waals surface area contributed by atoms with Gasteiger partial charge in [0.1, 0.15) is 5.69 Å². The van der Waals surface area contributed by atoms with Crippen molar-refractivity contribution >= 4 is 29.1 Å². The normalized spacial score (nSPS) is 13.7. The molecule has 0 spiro atoms. The van der Waals surface area contributed by atoms with Gasteiger partial charge in [-0.1, -0.05) is 0 Å². The Morgan fingerprint density at radius 3 is 2.46 bits per heavy atom. The number of anilines is 1. The Bertz CT molecular complexity index is 866. The molecule has 1 aromatic heterocycles. The van der Waals surface area contributed by atoms with E-state index < -0.39 is 12.6 Å². The first-order valence-electron chi connectivity index (χ1n) is 8.26. The Hall–Kier alpha value is -3.22. The van der Waals surface area contributed by atoms with Gasteiger partial charge in [0.15, 0.2) is 18.2 Å². The van der Waals surface area contributed by atoms with Gasteiger partial charge in [0, 0.05) is 36.0 Å². The molecule has 0 bridgehead atoms. The second-order valence-electron chi connectivity index (χ2n) is 6.05. The number of hydrogen-bond donors (Lipinski definition) is 1. The van der Waals surface area contributed by atoms with E-state index in [0.29, 0.717) is 24.1 Å². The number of nitrogens with one attached hydrogen (secondary N) is 1. The van der Waals surface area contributed by atoms with E-state index >= 15 is 0 Å². The number of aromatic nitrogens is 1. The SMILES string of the molecule is CC(=O)c1c[nH]c(C(=O)OCC(=O)c2ccc(N3CCCC3=O)cc2)c1. The smallest absolute Gasteiger partial charge is 0.355 e. The van der Waals surface area contributed by atoms with E-state index in [0.717, 1.165) is 12.1 Å². The van der Waals surface area contributed by atoms with Crippen molar-refractivity contribution in [2.24, 2.45) is 0 Å². The highest BCUT2D eigenvalue weighted by Crippen LogP contribution is 2.21. The lowest BCUT2D eigenvalue weighted by atomic mass is 10.1. The van der Waals surface area contributed by atoms with Gasteiger partial charge in [0.2, 0.25) is 5.91 Å². The number of nitrogens with zero attached hydrogens (tertiary/aromatic N) is 1. The van der Waals surface area contributed by atoms with Crippen LogP contribution in [0.4, 0.5) is 5.69 Å². The number of carbonyl (C=O) groups excluding carboxylic acids is 4. The molecular formula is C19H18N2O5. The van der Waals surface area contributed by atoms with Gasteiger partial charge in [0.25, 0.3) is 0 Å². The number of carbonyl (C=O) groups is 4.